The number of carbonyl (C=O) groups is 1. The first-order chi connectivity index (χ1) is 7.72. The van der Waals surface area contributed by atoms with Crippen LogP contribution in [0.4, 0.5) is 0 Å². The number of rotatable bonds is 2. The Labute approximate surface area is 92.0 Å². The van der Waals surface area contributed by atoms with E-state index in [2.05, 4.69) is 0 Å². The maximum atomic E-state index is 12.0. The summed E-state index contributed by atoms with van der Waals surface area (Å²) in [5.74, 6) is 0. The molecule has 0 saturated carbocycles. The number of benzene rings is 1. The molecule has 2 rings (SSSR count). The average Bonchev–Trinajstić information content (AvgIpc) is 2.29. The molecule has 80 valence electrons. The van der Waals surface area contributed by atoms with Crippen molar-refractivity contribution in [3.8, 4) is 0 Å². The van der Waals surface area contributed by atoms with Gasteiger partial charge < -0.3 is 4.42 Å². The molecule has 0 spiro atoms. The molecule has 1 heterocycles. The summed E-state index contributed by atoms with van der Waals surface area (Å²) < 4.78 is 5.31. The Morgan fingerprint density at radius 3 is 2.88 bits per heavy atom. The molecule has 0 aliphatic rings. The molecule has 1 aromatic carbocycles. The Hall–Kier alpha value is -2.16. The molecule has 0 radical (unpaired) electrons. The number of fused-ring (bicyclic) bond motifs is 1. The first-order valence-electron chi connectivity index (χ1n) is 4.86. The van der Waals surface area contributed by atoms with Gasteiger partial charge in [0.05, 0.1) is 10.9 Å². The van der Waals surface area contributed by atoms with Crippen LogP contribution in [0.15, 0.2) is 39.7 Å². The summed E-state index contributed by atoms with van der Waals surface area (Å²) in [6.07, 6.45) is 4.70. The van der Waals surface area contributed by atoms with Gasteiger partial charge >= 0.3 is 0 Å². The Kier molecular flexibility index (Phi) is 2.68. The summed E-state index contributed by atoms with van der Waals surface area (Å²) in [5, 5.41) is 0.535. The standard InChI is InChI=1S/C13H10O3/c1-9-4-5-12-11(7-9)13(15)10(8-16-12)3-2-6-14/h2-8H,1H3/b3-2+. The lowest BCUT2D eigenvalue weighted by atomic mass is 10.1. The number of aldehydes is 1. The van der Waals surface area contributed by atoms with E-state index in [0.29, 0.717) is 22.8 Å². The van der Waals surface area contributed by atoms with Gasteiger partial charge in [-0.05, 0) is 31.2 Å². The molecule has 0 saturated heterocycles. The van der Waals surface area contributed by atoms with Crippen LogP contribution in [0.2, 0.25) is 0 Å². The highest BCUT2D eigenvalue weighted by atomic mass is 16.3. The van der Waals surface area contributed by atoms with Crippen LogP contribution in [0.1, 0.15) is 11.1 Å². The van der Waals surface area contributed by atoms with Crippen molar-refractivity contribution >= 4 is 23.3 Å². The molecule has 0 fully saturated rings. The van der Waals surface area contributed by atoms with Gasteiger partial charge in [-0.15, -0.1) is 0 Å². The van der Waals surface area contributed by atoms with Crippen molar-refractivity contribution in [1.82, 2.24) is 0 Å². The highest BCUT2D eigenvalue weighted by molar-refractivity contribution is 5.81. The minimum Gasteiger partial charge on any atom is -0.463 e. The van der Waals surface area contributed by atoms with Crippen molar-refractivity contribution in [3.63, 3.8) is 0 Å². The Morgan fingerprint density at radius 2 is 2.12 bits per heavy atom. The molecule has 0 atom stereocenters. The highest BCUT2D eigenvalue weighted by Gasteiger charge is 2.04. The maximum absolute atomic E-state index is 12.0. The second-order valence-corrected chi connectivity index (χ2v) is 3.51. The van der Waals surface area contributed by atoms with E-state index in [1.54, 1.807) is 12.1 Å². The fourth-order valence-electron chi connectivity index (χ4n) is 1.52. The minimum atomic E-state index is -0.122. The number of hydrogen-bond acceptors (Lipinski definition) is 3. The molecule has 0 aliphatic carbocycles. The van der Waals surface area contributed by atoms with Crippen LogP contribution in [0.5, 0.6) is 0 Å². The van der Waals surface area contributed by atoms with Gasteiger partial charge in [0.25, 0.3) is 0 Å². The van der Waals surface area contributed by atoms with Crippen LogP contribution in [0, 0.1) is 6.92 Å². The van der Waals surface area contributed by atoms with E-state index in [-0.39, 0.29) is 5.43 Å². The molecule has 0 aliphatic heterocycles. The number of carbonyl (C=O) groups excluding carboxylic acids is 1. The van der Waals surface area contributed by atoms with Crippen molar-refractivity contribution in [1.29, 1.82) is 0 Å². The van der Waals surface area contributed by atoms with E-state index in [9.17, 15) is 9.59 Å². The lowest BCUT2D eigenvalue weighted by Gasteiger charge is -1.99. The minimum absolute atomic E-state index is 0.122. The largest absolute Gasteiger partial charge is 0.463 e. The first-order valence-corrected chi connectivity index (χ1v) is 4.86. The summed E-state index contributed by atoms with van der Waals surface area (Å²) in [6.45, 7) is 1.91. The van der Waals surface area contributed by atoms with Gasteiger partial charge in [0.2, 0.25) is 0 Å². The van der Waals surface area contributed by atoms with Crippen LogP contribution in [0.25, 0.3) is 17.0 Å². The van der Waals surface area contributed by atoms with Gasteiger partial charge in [0.15, 0.2) is 5.43 Å². The second-order valence-electron chi connectivity index (χ2n) is 3.51. The highest BCUT2D eigenvalue weighted by Crippen LogP contribution is 2.13. The fourth-order valence-corrected chi connectivity index (χ4v) is 1.52. The third kappa shape index (κ3) is 1.80. The first kappa shape index (κ1) is 10.4. The van der Waals surface area contributed by atoms with E-state index >= 15 is 0 Å². The van der Waals surface area contributed by atoms with Crippen molar-refractivity contribution in [2.45, 2.75) is 6.92 Å². The molecule has 3 nitrogen and oxygen atoms in total. The topological polar surface area (TPSA) is 47.3 Å². The maximum Gasteiger partial charge on any atom is 0.199 e. The summed E-state index contributed by atoms with van der Waals surface area (Å²) in [4.78, 5) is 22.1. The van der Waals surface area contributed by atoms with Gasteiger partial charge in [0, 0.05) is 0 Å². The molecule has 16 heavy (non-hydrogen) atoms. The monoisotopic (exact) mass is 214 g/mol. The molecular weight excluding hydrogens is 204 g/mol. The molecule has 0 unspecified atom stereocenters. The van der Waals surface area contributed by atoms with Crippen LogP contribution in [-0.2, 0) is 4.79 Å². The van der Waals surface area contributed by atoms with Crippen LogP contribution < -0.4 is 5.43 Å². The number of allylic oxidation sites excluding steroid dienone is 1. The lowest BCUT2D eigenvalue weighted by Crippen LogP contribution is -2.04. The summed E-state index contributed by atoms with van der Waals surface area (Å²) in [6, 6.07) is 5.42. The predicted octanol–water partition coefficient (Wildman–Crippen LogP) is 2.31. The fraction of sp³-hybridized carbons (Fsp3) is 0.0769. The van der Waals surface area contributed by atoms with Gasteiger partial charge in [-0.2, -0.15) is 0 Å². The van der Waals surface area contributed by atoms with Gasteiger partial charge in [-0.3, -0.25) is 9.59 Å². The zero-order valence-corrected chi connectivity index (χ0v) is 8.77. The van der Waals surface area contributed by atoms with E-state index in [4.69, 9.17) is 4.42 Å². The molecule has 2 aromatic rings. The van der Waals surface area contributed by atoms with E-state index < -0.39 is 0 Å². The number of aryl methyl sites for hydroxylation is 1. The van der Waals surface area contributed by atoms with Gasteiger partial charge in [0.1, 0.15) is 18.1 Å². The quantitative estimate of drug-likeness (QED) is 0.569. The van der Waals surface area contributed by atoms with E-state index in [1.807, 2.05) is 13.0 Å². The van der Waals surface area contributed by atoms with Crippen molar-refractivity contribution < 1.29 is 9.21 Å². The van der Waals surface area contributed by atoms with Crippen molar-refractivity contribution in [3.05, 3.63) is 51.9 Å². The zero-order chi connectivity index (χ0) is 11.5. The predicted molar refractivity (Wildman–Crippen MR) is 62.3 cm³/mol. The smallest absolute Gasteiger partial charge is 0.199 e. The Balaban J connectivity index is 2.73. The summed E-state index contributed by atoms with van der Waals surface area (Å²) >= 11 is 0. The lowest BCUT2D eigenvalue weighted by molar-refractivity contribution is -0.104. The van der Waals surface area contributed by atoms with Crippen LogP contribution in [0.3, 0.4) is 0 Å². The molecule has 1 aromatic heterocycles. The zero-order valence-electron chi connectivity index (χ0n) is 8.77. The molecule has 0 bridgehead atoms. The SMILES string of the molecule is Cc1ccc2occ(/C=C/C=O)c(=O)c2c1. The number of hydrogen-bond donors (Lipinski definition) is 0. The normalized spacial score (nSPS) is 11.1. The molecule has 0 amide bonds. The summed E-state index contributed by atoms with van der Waals surface area (Å²) in [5.41, 5.74) is 1.81. The molecule has 3 heteroatoms. The van der Waals surface area contributed by atoms with Crippen molar-refractivity contribution in [2.24, 2.45) is 0 Å². The average molecular weight is 214 g/mol. The van der Waals surface area contributed by atoms with E-state index in [0.717, 1.165) is 5.56 Å². The van der Waals surface area contributed by atoms with Crippen LogP contribution in [-0.4, -0.2) is 6.29 Å². The van der Waals surface area contributed by atoms with E-state index in [1.165, 1.54) is 18.4 Å². The summed E-state index contributed by atoms with van der Waals surface area (Å²) in [7, 11) is 0. The Morgan fingerprint density at radius 1 is 1.31 bits per heavy atom. The van der Waals surface area contributed by atoms with Crippen molar-refractivity contribution in [2.75, 3.05) is 0 Å². The third-order valence-electron chi connectivity index (χ3n) is 2.31. The van der Waals surface area contributed by atoms with Crippen LogP contribution >= 0.6 is 0 Å². The molecule has 0 N–H and O–H groups in total. The Bertz CT molecular complexity index is 621. The second kappa shape index (κ2) is 4.14. The molecular formula is C13H10O3. The third-order valence-corrected chi connectivity index (χ3v) is 2.31. The van der Waals surface area contributed by atoms with Gasteiger partial charge in [-0.25, -0.2) is 0 Å². The van der Waals surface area contributed by atoms with Gasteiger partial charge in [-0.1, -0.05) is 11.6 Å².